The number of nitrogens with one attached hydrogen (secondary N) is 1. The van der Waals surface area contributed by atoms with E-state index < -0.39 is 0 Å². The molecule has 2 amide bonds. The molecule has 0 aromatic heterocycles. The molecule has 4 heteroatoms. The van der Waals surface area contributed by atoms with Gasteiger partial charge >= 0.3 is 6.03 Å². The van der Waals surface area contributed by atoms with Crippen molar-refractivity contribution in [3.8, 4) is 0 Å². The van der Waals surface area contributed by atoms with Crippen LogP contribution in [0.25, 0.3) is 0 Å². The van der Waals surface area contributed by atoms with Gasteiger partial charge in [-0.25, -0.2) is 4.79 Å². The summed E-state index contributed by atoms with van der Waals surface area (Å²) in [6.45, 7) is 4.66. The Labute approximate surface area is 139 Å². The Morgan fingerprint density at radius 2 is 1.71 bits per heavy atom. The first-order valence-electron chi connectivity index (χ1n) is 6.94. The molecule has 2 rings (SSSR count). The Bertz CT molecular complexity index is 599. The van der Waals surface area contributed by atoms with Crippen molar-refractivity contribution in [3.05, 3.63) is 63.7 Å². The quantitative estimate of drug-likeness (QED) is 0.747. The fraction of sp³-hybridized carbons (Fsp3) is 0.235. The lowest BCUT2D eigenvalue weighted by Gasteiger charge is -2.27. The molecule has 3 nitrogen and oxygen atoms in total. The molecule has 2 aromatic rings. The van der Waals surface area contributed by atoms with Gasteiger partial charge in [-0.3, -0.25) is 0 Å². The van der Waals surface area contributed by atoms with Crippen molar-refractivity contribution in [2.45, 2.75) is 26.4 Å². The molecule has 2 aromatic carbocycles. The molecule has 0 unspecified atom stereocenters. The maximum Gasteiger partial charge on any atom is 0.322 e. The van der Waals surface area contributed by atoms with Gasteiger partial charge in [0.15, 0.2) is 0 Å². The van der Waals surface area contributed by atoms with Crippen LogP contribution in [0.3, 0.4) is 0 Å². The van der Waals surface area contributed by atoms with Gasteiger partial charge in [-0.05, 0) is 54.1 Å². The van der Waals surface area contributed by atoms with Crippen LogP contribution < -0.4 is 5.32 Å². The molecule has 0 radical (unpaired) electrons. The van der Waals surface area contributed by atoms with Gasteiger partial charge in [-0.15, -0.1) is 0 Å². The molecule has 0 fully saturated rings. The van der Waals surface area contributed by atoms with Crippen LogP contribution in [0.1, 0.15) is 19.4 Å². The normalized spacial score (nSPS) is 10.5. The highest BCUT2D eigenvalue weighted by molar-refractivity contribution is 14.1. The third-order valence-electron chi connectivity index (χ3n) is 3.20. The maximum atomic E-state index is 12.5. The summed E-state index contributed by atoms with van der Waals surface area (Å²) in [5, 5.41) is 2.99. The standard InChI is InChI=1S/C17H19IN2O/c1-13(2)20(12-14-8-4-3-5-9-14)17(21)19-16-11-7-6-10-15(16)18/h3-11,13H,12H2,1-2H3,(H,19,21). The number of benzene rings is 2. The minimum atomic E-state index is -0.0713. The second-order valence-corrected chi connectivity index (χ2v) is 6.28. The zero-order chi connectivity index (χ0) is 15.2. The lowest BCUT2D eigenvalue weighted by molar-refractivity contribution is 0.193. The van der Waals surface area contributed by atoms with Crippen molar-refractivity contribution in [3.63, 3.8) is 0 Å². The van der Waals surface area contributed by atoms with Gasteiger partial charge < -0.3 is 10.2 Å². The summed E-state index contributed by atoms with van der Waals surface area (Å²) in [6, 6.07) is 17.9. The number of para-hydroxylation sites is 1. The van der Waals surface area contributed by atoms with E-state index in [-0.39, 0.29) is 12.1 Å². The van der Waals surface area contributed by atoms with Crippen LogP contribution in [0.4, 0.5) is 10.5 Å². The SMILES string of the molecule is CC(C)N(Cc1ccccc1)C(=O)Nc1ccccc1I. The number of carbonyl (C=O) groups excluding carboxylic acids is 1. The summed E-state index contributed by atoms with van der Waals surface area (Å²) in [4.78, 5) is 14.4. The van der Waals surface area contributed by atoms with E-state index in [1.54, 1.807) is 0 Å². The molecule has 0 spiro atoms. The summed E-state index contributed by atoms with van der Waals surface area (Å²) in [5.41, 5.74) is 1.98. The topological polar surface area (TPSA) is 32.3 Å². The molecule has 0 atom stereocenters. The fourth-order valence-electron chi connectivity index (χ4n) is 2.02. The van der Waals surface area contributed by atoms with Crippen LogP contribution in [-0.2, 0) is 6.54 Å². The van der Waals surface area contributed by atoms with Crippen molar-refractivity contribution < 1.29 is 4.79 Å². The molecule has 21 heavy (non-hydrogen) atoms. The highest BCUT2D eigenvalue weighted by atomic mass is 127. The van der Waals surface area contributed by atoms with Crippen molar-refractivity contribution in [1.29, 1.82) is 0 Å². The van der Waals surface area contributed by atoms with Crippen molar-refractivity contribution in [1.82, 2.24) is 4.90 Å². The zero-order valence-electron chi connectivity index (χ0n) is 12.2. The summed E-state index contributed by atoms with van der Waals surface area (Å²) < 4.78 is 1.03. The molecule has 0 bridgehead atoms. The number of nitrogens with zero attached hydrogens (tertiary/aromatic N) is 1. The predicted molar refractivity (Wildman–Crippen MR) is 95.3 cm³/mol. The Hall–Kier alpha value is -1.56. The Morgan fingerprint density at radius 3 is 2.33 bits per heavy atom. The highest BCUT2D eigenvalue weighted by Gasteiger charge is 2.18. The van der Waals surface area contributed by atoms with Crippen LogP contribution in [-0.4, -0.2) is 17.0 Å². The van der Waals surface area contributed by atoms with E-state index >= 15 is 0 Å². The minimum absolute atomic E-state index is 0.0713. The fourth-order valence-corrected chi connectivity index (χ4v) is 2.54. The lowest BCUT2D eigenvalue weighted by Crippen LogP contribution is -2.39. The number of hydrogen-bond acceptors (Lipinski definition) is 1. The predicted octanol–water partition coefficient (Wildman–Crippen LogP) is 4.73. The van der Waals surface area contributed by atoms with Gasteiger partial charge in [0.1, 0.15) is 0 Å². The van der Waals surface area contributed by atoms with Gasteiger partial charge in [0.05, 0.1) is 5.69 Å². The molecule has 0 aliphatic carbocycles. The Morgan fingerprint density at radius 1 is 1.10 bits per heavy atom. The van der Waals surface area contributed by atoms with Crippen LogP contribution in [0.15, 0.2) is 54.6 Å². The average molecular weight is 394 g/mol. The third-order valence-corrected chi connectivity index (χ3v) is 4.14. The van der Waals surface area contributed by atoms with Gasteiger partial charge in [0, 0.05) is 16.2 Å². The van der Waals surface area contributed by atoms with E-state index in [4.69, 9.17) is 0 Å². The molecule has 0 aliphatic rings. The summed E-state index contributed by atoms with van der Waals surface area (Å²) in [6.07, 6.45) is 0. The lowest BCUT2D eigenvalue weighted by atomic mass is 10.2. The summed E-state index contributed by atoms with van der Waals surface area (Å²) >= 11 is 2.22. The van der Waals surface area contributed by atoms with Gasteiger partial charge in [-0.1, -0.05) is 42.5 Å². The molecule has 110 valence electrons. The zero-order valence-corrected chi connectivity index (χ0v) is 14.4. The summed E-state index contributed by atoms with van der Waals surface area (Å²) in [7, 11) is 0. The number of hydrogen-bond donors (Lipinski definition) is 1. The smallest absolute Gasteiger partial charge is 0.318 e. The van der Waals surface area contributed by atoms with E-state index in [2.05, 4.69) is 27.9 Å². The minimum Gasteiger partial charge on any atom is -0.318 e. The molecular weight excluding hydrogens is 375 g/mol. The van der Waals surface area contributed by atoms with Crippen LogP contribution in [0, 0.1) is 3.57 Å². The summed E-state index contributed by atoms with van der Waals surface area (Å²) in [5.74, 6) is 0. The van der Waals surface area contributed by atoms with E-state index in [0.29, 0.717) is 6.54 Å². The average Bonchev–Trinajstić information content (AvgIpc) is 2.48. The first-order chi connectivity index (χ1) is 10.1. The maximum absolute atomic E-state index is 12.5. The number of halogens is 1. The van der Waals surface area contributed by atoms with Crippen LogP contribution in [0.2, 0.25) is 0 Å². The number of rotatable bonds is 4. The Balaban J connectivity index is 2.11. The van der Waals surface area contributed by atoms with E-state index in [0.717, 1.165) is 14.8 Å². The second kappa shape index (κ2) is 7.45. The van der Waals surface area contributed by atoms with Gasteiger partial charge in [0.25, 0.3) is 0 Å². The van der Waals surface area contributed by atoms with E-state index in [1.807, 2.05) is 73.3 Å². The molecule has 0 saturated carbocycles. The number of amides is 2. The van der Waals surface area contributed by atoms with Gasteiger partial charge in [0.2, 0.25) is 0 Å². The van der Waals surface area contributed by atoms with Crippen LogP contribution >= 0.6 is 22.6 Å². The van der Waals surface area contributed by atoms with Crippen molar-refractivity contribution in [2.24, 2.45) is 0 Å². The molecule has 0 aliphatic heterocycles. The van der Waals surface area contributed by atoms with Crippen molar-refractivity contribution in [2.75, 3.05) is 5.32 Å². The number of urea groups is 1. The Kier molecular flexibility index (Phi) is 5.61. The van der Waals surface area contributed by atoms with Gasteiger partial charge in [-0.2, -0.15) is 0 Å². The van der Waals surface area contributed by atoms with Crippen LogP contribution in [0.5, 0.6) is 0 Å². The van der Waals surface area contributed by atoms with E-state index in [1.165, 1.54) is 0 Å². The van der Waals surface area contributed by atoms with E-state index in [9.17, 15) is 4.79 Å². The van der Waals surface area contributed by atoms with Crippen molar-refractivity contribution >= 4 is 34.3 Å². The molecule has 1 N–H and O–H groups in total. The monoisotopic (exact) mass is 394 g/mol. The number of anilines is 1. The number of carbonyl (C=O) groups is 1. The molecular formula is C17H19IN2O. The first-order valence-corrected chi connectivity index (χ1v) is 8.02. The largest absolute Gasteiger partial charge is 0.322 e. The second-order valence-electron chi connectivity index (χ2n) is 5.12. The first kappa shape index (κ1) is 15.8. The molecule has 0 saturated heterocycles. The molecule has 0 heterocycles. The highest BCUT2D eigenvalue weighted by Crippen LogP contribution is 2.18. The third kappa shape index (κ3) is 4.46.